The largest absolute Gasteiger partial charge is 0.394 e. The first kappa shape index (κ1) is 25.4. The molecule has 3 aliphatic heterocycles. The molecule has 3 amide bonds. The number of aliphatic hydroxyl groups is 1. The number of hydrogen-bond acceptors (Lipinski definition) is 7. The van der Waals surface area contributed by atoms with Gasteiger partial charge in [-0.15, -0.1) is 5.10 Å². The zero-order valence-electron chi connectivity index (χ0n) is 22.1. The monoisotopic (exact) mass is 532 g/mol. The van der Waals surface area contributed by atoms with Crippen molar-refractivity contribution in [2.45, 2.75) is 50.2 Å². The lowest BCUT2D eigenvalue weighted by Gasteiger charge is -2.37. The molecule has 11 heteroatoms. The fourth-order valence-corrected chi connectivity index (χ4v) is 7.18. The maximum absolute atomic E-state index is 14.3. The van der Waals surface area contributed by atoms with E-state index in [2.05, 4.69) is 20.9 Å². The number of nitrogens with zero attached hydrogens (tertiary/aromatic N) is 4. The predicted molar refractivity (Wildman–Crippen MR) is 140 cm³/mol. The van der Waals surface area contributed by atoms with Gasteiger partial charge in [-0.3, -0.25) is 14.4 Å². The second-order valence-corrected chi connectivity index (χ2v) is 10.9. The van der Waals surface area contributed by atoms with Crippen molar-refractivity contribution in [1.29, 1.82) is 0 Å². The van der Waals surface area contributed by atoms with Crippen LogP contribution in [0.25, 0.3) is 11.0 Å². The molecule has 1 aromatic heterocycles. The van der Waals surface area contributed by atoms with Crippen LogP contribution < -0.4 is 10.6 Å². The molecular formula is C28H32N6O5. The van der Waals surface area contributed by atoms with E-state index >= 15 is 0 Å². The van der Waals surface area contributed by atoms with Gasteiger partial charge < -0.3 is 25.4 Å². The Morgan fingerprint density at radius 1 is 1.15 bits per heavy atom. The normalized spacial score (nSPS) is 31.9. The Labute approximate surface area is 225 Å². The van der Waals surface area contributed by atoms with Crippen molar-refractivity contribution in [2.75, 3.05) is 13.7 Å². The summed E-state index contributed by atoms with van der Waals surface area (Å²) in [6.45, 7) is 3.48. The number of likely N-dealkylation sites (tertiary alicyclic amines) is 1. The highest BCUT2D eigenvalue weighted by atomic mass is 16.5. The van der Waals surface area contributed by atoms with Crippen LogP contribution in [-0.4, -0.2) is 73.6 Å². The van der Waals surface area contributed by atoms with E-state index in [1.807, 2.05) is 68.4 Å². The minimum absolute atomic E-state index is 0.0272. The van der Waals surface area contributed by atoms with E-state index in [1.54, 1.807) is 11.7 Å². The molecule has 0 aliphatic carbocycles. The van der Waals surface area contributed by atoms with Gasteiger partial charge in [-0.2, -0.15) is 0 Å². The van der Waals surface area contributed by atoms with Gasteiger partial charge in [0.05, 0.1) is 35.6 Å². The van der Waals surface area contributed by atoms with E-state index in [9.17, 15) is 19.5 Å². The van der Waals surface area contributed by atoms with Gasteiger partial charge in [0.2, 0.25) is 17.7 Å². The lowest BCUT2D eigenvalue weighted by Crippen LogP contribution is -2.56. The summed E-state index contributed by atoms with van der Waals surface area (Å²) < 4.78 is 8.27. The molecule has 39 heavy (non-hydrogen) atoms. The topological polar surface area (TPSA) is 139 Å². The van der Waals surface area contributed by atoms with Gasteiger partial charge in [0, 0.05) is 7.05 Å². The Morgan fingerprint density at radius 3 is 2.59 bits per heavy atom. The third-order valence-corrected chi connectivity index (χ3v) is 9.05. The van der Waals surface area contributed by atoms with Gasteiger partial charge >= 0.3 is 0 Å². The molecule has 0 saturated carbocycles. The lowest BCUT2D eigenvalue weighted by molar-refractivity contribution is -0.151. The second kappa shape index (κ2) is 9.13. The van der Waals surface area contributed by atoms with Crippen LogP contribution in [0.5, 0.6) is 0 Å². The zero-order valence-corrected chi connectivity index (χ0v) is 22.1. The smallest absolute Gasteiger partial charge is 0.247 e. The predicted octanol–water partition coefficient (Wildman–Crippen LogP) is 0.995. The molecule has 1 spiro atoms. The number of hydrogen-bond donors (Lipinski definition) is 3. The quantitative estimate of drug-likeness (QED) is 0.413. The van der Waals surface area contributed by atoms with Crippen LogP contribution in [0.15, 0.2) is 54.6 Å². The number of aliphatic hydroxyl groups excluding tert-OH is 1. The van der Waals surface area contributed by atoms with E-state index in [4.69, 9.17) is 4.74 Å². The number of nitrogens with one attached hydrogen (secondary N) is 2. The molecule has 3 aliphatic rings. The number of rotatable bonds is 7. The third-order valence-electron chi connectivity index (χ3n) is 9.05. The standard InChI is InChI=1S/C28H32N6O5/c1-16-13-28-22(21(24(36)29-3)27(16,2)39-28)26(38)34(20(14-35)17-9-5-4-6-10-17)23(28)25(37)30-15-33-19-12-8-7-11-18(19)31-32-33/h4-12,16,20-23,35H,13-15H2,1-3H3,(H,29,36)(H,30,37)/t16?,20-,21-,22+,23?,27+,28?/m1/s1. The third kappa shape index (κ3) is 3.52. The van der Waals surface area contributed by atoms with E-state index < -0.39 is 47.6 Å². The van der Waals surface area contributed by atoms with Crippen molar-refractivity contribution in [2.24, 2.45) is 17.8 Å². The van der Waals surface area contributed by atoms with Crippen LogP contribution in [0.1, 0.15) is 31.9 Å². The van der Waals surface area contributed by atoms with Crippen LogP contribution in [0.3, 0.4) is 0 Å². The van der Waals surface area contributed by atoms with E-state index in [0.29, 0.717) is 17.5 Å². The first-order valence-electron chi connectivity index (χ1n) is 13.2. The summed E-state index contributed by atoms with van der Waals surface area (Å²) in [4.78, 5) is 43.1. The highest BCUT2D eigenvalue weighted by Gasteiger charge is 2.80. The fraction of sp³-hybridized carbons (Fsp3) is 0.464. The Morgan fingerprint density at radius 2 is 1.87 bits per heavy atom. The molecule has 0 radical (unpaired) electrons. The molecule has 7 atom stereocenters. The van der Waals surface area contributed by atoms with Crippen molar-refractivity contribution >= 4 is 28.8 Å². The Balaban J connectivity index is 1.42. The van der Waals surface area contributed by atoms with Gasteiger partial charge in [0.15, 0.2) is 0 Å². The number of ether oxygens (including phenoxy) is 1. The Hall–Kier alpha value is -3.83. The summed E-state index contributed by atoms with van der Waals surface area (Å²) >= 11 is 0. The van der Waals surface area contributed by atoms with E-state index in [1.165, 1.54) is 4.90 Å². The first-order chi connectivity index (χ1) is 18.8. The summed E-state index contributed by atoms with van der Waals surface area (Å²) in [7, 11) is 1.54. The van der Waals surface area contributed by atoms with Crippen LogP contribution in [-0.2, 0) is 25.8 Å². The molecule has 11 nitrogen and oxygen atoms in total. The SMILES string of the molecule is CNC(=O)[C@H]1[C@H]2C(=O)N([C@H](CO)c3ccccc3)C(C(=O)NCn3nnc4ccccc43)C23CC(C)[C@]1(C)O3. The minimum atomic E-state index is -1.22. The van der Waals surface area contributed by atoms with Crippen molar-refractivity contribution in [3.05, 3.63) is 60.2 Å². The van der Waals surface area contributed by atoms with Gasteiger partial charge in [-0.1, -0.05) is 54.6 Å². The number of amides is 3. The molecule has 2 bridgehead atoms. The Bertz CT molecular complexity index is 1440. The number of benzene rings is 2. The molecular weight excluding hydrogens is 500 g/mol. The number of para-hydroxylation sites is 1. The molecule has 3 fully saturated rings. The average Bonchev–Trinajstić information content (AvgIpc) is 3.62. The number of carbonyl (C=O) groups is 3. The maximum atomic E-state index is 14.3. The summed E-state index contributed by atoms with van der Waals surface area (Å²) in [5.41, 5.74) is 0.00778. The Kier molecular flexibility index (Phi) is 5.96. The van der Waals surface area contributed by atoms with E-state index in [-0.39, 0.29) is 24.4 Å². The molecule has 204 valence electrons. The summed E-state index contributed by atoms with van der Waals surface area (Å²) in [6, 6.07) is 14.7. The number of aromatic nitrogens is 3. The van der Waals surface area contributed by atoms with Crippen LogP contribution in [0.4, 0.5) is 0 Å². The summed E-state index contributed by atoms with van der Waals surface area (Å²) in [5.74, 6) is -2.81. The molecule has 3 N–H and O–H groups in total. The summed E-state index contributed by atoms with van der Waals surface area (Å²) in [6.07, 6.45) is 0.432. The summed E-state index contributed by atoms with van der Waals surface area (Å²) in [5, 5.41) is 24.5. The highest BCUT2D eigenvalue weighted by molar-refractivity contribution is 5.99. The van der Waals surface area contributed by atoms with Gasteiger partial charge in [0.25, 0.3) is 0 Å². The molecule has 3 aromatic rings. The molecule has 4 heterocycles. The average molecular weight is 533 g/mol. The first-order valence-corrected chi connectivity index (χ1v) is 13.2. The maximum Gasteiger partial charge on any atom is 0.247 e. The lowest BCUT2D eigenvalue weighted by atomic mass is 9.62. The number of carbonyl (C=O) groups excluding carboxylic acids is 3. The minimum Gasteiger partial charge on any atom is -0.394 e. The fourth-order valence-electron chi connectivity index (χ4n) is 7.18. The van der Waals surface area contributed by atoms with Crippen LogP contribution in [0, 0.1) is 17.8 Å². The van der Waals surface area contributed by atoms with Crippen molar-refractivity contribution < 1.29 is 24.2 Å². The van der Waals surface area contributed by atoms with Crippen molar-refractivity contribution in [3.63, 3.8) is 0 Å². The van der Waals surface area contributed by atoms with Gasteiger partial charge in [-0.05, 0) is 37.0 Å². The molecule has 3 saturated heterocycles. The zero-order chi connectivity index (χ0) is 27.5. The molecule has 2 aromatic carbocycles. The highest BCUT2D eigenvalue weighted by Crippen LogP contribution is 2.65. The second-order valence-electron chi connectivity index (χ2n) is 10.9. The number of fused-ring (bicyclic) bond motifs is 2. The van der Waals surface area contributed by atoms with E-state index in [0.717, 1.165) is 5.52 Å². The van der Waals surface area contributed by atoms with Gasteiger partial charge in [-0.25, -0.2) is 4.68 Å². The van der Waals surface area contributed by atoms with Crippen LogP contribution >= 0.6 is 0 Å². The molecule has 3 unspecified atom stereocenters. The van der Waals surface area contributed by atoms with Crippen molar-refractivity contribution in [1.82, 2.24) is 30.5 Å². The van der Waals surface area contributed by atoms with Crippen molar-refractivity contribution in [3.8, 4) is 0 Å². The van der Waals surface area contributed by atoms with Crippen LogP contribution in [0.2, 0.25) is 0 Å². The van der Waals surface area contributed by atoms with Gasteiger partial charge in [0.1, 0.15) is 23.8 Å². The molecule has 6 rings (SSSR count).